The van der Waals surface area contributed by atoms with E-state index in [2.05, 4.69) is 20.2 Å². The highest BCUT2D eigenvalue weighted by molar-refractivity contribution is 5.95. The van der Waals surface area contributed by atoms with Crippen LogP contribution in [-0.4, -0.2) is 55.1 Å². The van der Waals surface area contributed by atoms with Gasteiger partial charge in [0.2, 0.25) is 0 Å². The molecule has 8 heteroatoms. The number of carbonyl (C=O) groups excluding carboxylic acids is 1. The van der Waals surface area contributed by atoms with Crippen LogP contribution in [0.25, 0.3) is 11.4 Å². The Morgan fingerprint density at radius 2 is 1.86 bits per heavy atom. The van der Waals surface area contributed by atoms with Crippen molar-refractivity contribution < 1.29 is 14.7 Å². The molecule has 0 spiro atoms. The molecule has 0 atom stereocenters. The van der Waals surface area contributed by atoms with E-state index in [0.717, 1.165) is 24.2 Å². The molecule has 0 unspecified atom stereocenters. The molecule has 0 bridgehead atoms. The van der Waals surface area contributed by atoms with Gasteiger partial charge in [-0.2, -0.15) is 5.10 Å². The summed E-state index contributed by atoms with van der Waals surface area (Å²) in [5, 5.41) is 16.4. The van der Waals surface area contributed by atoms with Crippen LogP contribution in [-0.2, 0) is 0 Å². The van der Waals surface area contributed by atoms with Crippen LogP contribution in [0.5, 0.6) is 0 Å². The maximum Gasteiger partial charge on any atom is 0.335 e. The summed E-state index contributed by atoms with van der Waals surface area (Å²) < 4.78 is 0. The molecular weight excluding hydrogens is 358 g/mol. The van der Waals surface area contributed by atoms with Gasteiger partial charge in [0.05, 0.1) is 5.56 Å². The van der Waals surface area contributed by atoms with Gasteiger partial charge in [-0.1, -0.05) is 30.3 Å². The Labute approximate surface area is 161 Å². The molecule has 1 aromatic carbocycles. The van der Waals surface area contributed by atoms with E-state index in [-0.39, 0.29) is 23.1 Å². The minimum Gasteiger partial charge on any atom is -0.478 e. The molecule has 28 heavy (non-hydrogen) atoms. The van der Waals surface area contributed by atoms with Gasteiger partial charge < -0.3 is 10.0 Å². The van der Waals surface area contributed by atoms with Crippen molar-refractivity contribution in [1.29, 1.82) is 0 Å². The third-order valence-electron chi connectivity index (χ3n) is 4.93. The van der Waals surface area contributed by atoms with E-state index in [1.54, 1.807) is 4.90 Å². The number of amides is 1. The fourth-order valence-corrected chi connectivity index (χ4v) is 3.37. The fraction of sp³-hybridized carbons (Fsp3) is 0.250. The zero-order chi connectivity index (χ0) is 19.5. The number of H-pyrrole nitrogens is 1. The first-order valence-corrected chi connectivity index (χ1v) is 9.08. The molecule has 1 aliphatic rings. The molecule has 0 aliphatic carbocycles. The third-order valence-corrected chi connectivity index (χ3v) is 4.93. The Morgan fingerprint density at radius 3 is 2.57 bits per heavy atom. The number of piperidine rings is 1. The van der Waals surface area contributed by atoms with Crippen molar-refractivity contribution in [3.63, 3.8) is 0 Å². The molecule has 142 valence electrons. The second-order valence-corrected chi connectivity index (χ2v) is 6.71. The predicted molar refractivity (Wildman–Crippen MR) is 101 cm³/mol. The second kappa shape index (κ2) is 7.59. The number of pyridine rings is 1. The zero-order valence-corrected chi connectivity index (χ0v) is 15.1. The average Bonchev–Trinajstić information content (AvgIpc) is 3.24. The number of aromatic nitrogens is 4. The van der Waals surface area contributed by atoms with E-state index >= 15 is 0 Å². The number of hydrogen-bond donors (Lipinski definition) is 2. The molecule has 4 rings (SSSR count). The molecule has 2 aromatic heterocycles. The first-order valence-electron chi connectivity index (χ1n) is 9.08. The molecule has 0 saturated carbocycles. The summed E-state index contributed by atoms with van der Waals surface area (Å²) in [5.41, 5.74) is 1.18. The first kappa shape index (κ1) is 17.8. The third kappa shape index (κ3) is 3.62. The van der Waals surface area contributed by atoms with E-state index in [0.29, 0.717) is 18.9 Å². The van der Waals surface area contributed by atoms with Gasteiger partial charge in [0.1, 0.15) is 11.5 Å². The van der Waals surface area contributed by atoms with Crippen molar-refractivity contribution in [2.75, 3.05) is 13.1 Å². The molecule has 8 nitrogen and oxygen atoms in total. The van der Waals surface area contributed by atoms with Crippen molar-refractivity contribution in [2.45, 2.75) is 18.8 Å². The summed E-state index contributed by atoms with van der Waals surface area (Å²) in [6.45, 7) is 1.12. The lowest BCUT2D eigenvalue weighted by Gasteiger charge is -2.30. The lowest BCUT2D eigenvalue weighted by atomic mass is 9.96. The highest BCUT2D eigenvalue weighted by atomic mass is 16.4. The summed E-state index contributed by atoms with van der Waals surface area (Å²) in [6, 6.07) is 12.5. The number of benzene rings is 1. The molecule has 3 heterocycles. The van der Waals surface area contributed by atoms with Crippen molar-refractivity contribution in [2.24, 2.45) is 0 Å². The van der Waals surface area contributed by atoms with E-state index < -0.39 is 5.97 Å². The van der Waals surface area contributed by atoms with Crippen LogP contribution < -0.4 is 0 Å². The minimum atomic E-state index is -1.07. The van der Waals surface area contributed by atoms with Gasteiger partial charge in [0.25, 0.3) is 5.91 Å². The number of carboxylic acid groups (broad SMARTS) is 1. The SMILES string of the molecule is O=C(O)c1ccnc(C(=O)N2CCC(c3nc(-c4ccccc4)n[nH]3)CC2)c1. The maximum absolute atomic E-state index is 12.6. The Balaban J connectivity index is 1.41. The monoisotopic (exact) mass is 377 g/mol. The Bertz CT molecular complexity index is 994. The molecular formula is C20H19N5O3. The summed E-state index contributed by atoms with van der Waals surface area (Å²) in [5.74, 6) is 0.381. The van der Waals surface area contributed by atoms with Crippen LogP contribution in [0.3, 0.4) is 0 Å². The highest BCUT2D eigenvalue weighted by Crippen LogP contribution is 2.27. The minimum absolute atomic E-state index is 0.0586. The smallest absolute Gasteiger partial charge is 0.335 e. The molecule has 2 N–H and O–H groups in total. The molecule has 1 fully saturated rings. The second-order valence-electron chi connectivity index (χ2n) is 6.71. The maximum atomic E-state index is 12.6. The molecule has 1 saturated heterocycles. The molecule has 0 radical (unpaired) electrons. The fourth-order valence-electron chi connectivity index (χ4n) is 3.37. The van der Waals surface area contributed by atoms with Gasteiger partial charge in [0.15, 0.2) is 5.82 Å². The van der Waals surface area contributed by atoms with Gasteiger partial charge in [-0.05, 0) is 25.0 Å². The Hall–Kier alpha value is -3.55. The lowest BCUT2D eigenvalue weighted by Crippen LogP contribution is -2.38. The number of hydrogen-bond acceptors (Lipinski definition) is 5. The Morgan fingerprint density at radius 1 is 1.11 bits per heavy atom. The number of nitrogens with one attached hydrogen (secondary N) is 1. The number of aromatic amines is 1. The summed E-state index contributed by atoms with van der Waals surface area (Å²) in [6.07, 6.45) is 2.87. The number of aromatic carboxylic acids is 1. The standard InChI is InChI=1S/C20H19N5O3/c26-19(16-12-15(20(27)28)6-9-21-16)25-10-7-14(8-11-25)18-22-17(23-24-18)13-4-2-1-3-5-13/h1-6,9,12,14H,7-8,10-11H2,(H,27,28)(H,22,23,24). The largest absolute Gasteiger partial charge is 0.478 e. The first-order chi connectivity index (χ1) is 13.6. The number of nitrogens with zero attached hydrogens (tertiary/aromatic N) is 4. The van der Waals surface area contributed by atoms with E-state index in [9.17, 15) is 9.59 Å². The Kier molecular flexibility index (Phi) is 4.84. The lowest BCUT2D eigenvalue weighted by molar-refractivity contribution is 0.0696. The number of likely N-dealkylation sites (tertiary alicyclic amines) is 1. The summed E-state index contributed by atoms with van der Waals surface area (Å²) in [4.78, 5) is 34.1. The van der Waals surface area contributed by atoms with Crippen molar-refractivity contribution in [1.82, 2.24) is 25.1 Å². The van der Waals surface area contributed by atoms with E-state index in [4.69, 9.17) is 5.11 Å². The van der Waals surface area contributed by atoms with Gasteiger partial charge in [-0.3, -0.25) is 14.9 Å². The van der Waals surface area contributed by atoms with Crippen LogP contribution in [0.1, 0.15) is 45.4 Å². The predicted octanol–water partition coefficient (Wildman–Crippen LogP) is 2.58. The van der Waals surface area contributed by atoms with Crippen molar-refractivity contribution >= 4 is 11.9 Å². The quantitative estimate of drug-likeness (QED) is 0.723. The highest BCUT2D eigenvalue weighted by Gasteiger charge is 2.27. The number of rotatable bonds is 4. The van der Waals surface area contributed by atoms with Gasteiger partial charge in [0, 0.05) is 30.8 Å². The van der Waals surface area contributed by atoms with Crippen LogP contribution in [0.15, 0.2) is 48.7 Å². The van der Waals surface area contributed by atoms with Crippen LogP contribution in [0.4, 0.5) is 0 Å². The molecule has 1 amide bonds. The molecule has 3 aromatic rings. The topological polar surface area (TPSA) is 112 Å². The van der Waals surface area contributed by atoms with Gasteiger partial charge in [-0.25, -0.2) is 9.78 Å². The van der Waals surface area contributed by atoms with E-state index in [1.807, 2.05) is 30.3 Å². The summed E-state index contributed by atoms with van der Waals surface area (Å²) >= 11 is 0. The van der Waals surface area contributed by atoms with Gasteiger partial charge in [-0.15, -0.1) is 0 Å². The number of carboxylic acids is 1. The summed E-state index contributed by atoms with van der Waals surface area (Å²) in [7, 11) is 0. The van der Waals surface area contributed by atoms with Crippen molar-refractivity contribution in [3.8, 4) is 11.4 Å². The van der Waals surface area contributed by atoms with E-state index in [1.165, 1.54) is 18.3 Å². The average molecular weight is 377 g/mol. The molecule has 1 aliphatic heterocycles. The number of carbonyl (C=O) groups is 2. The normalized spacial score (nSPS) is 14.8. The van der Waals surface area contributed by atoms with Crippen molar-refractivity contribution in [3.05, 3.63) is 65.7 Å². The zero-order valence-electron chi connectivity index (χ0n) is 15.1. The van der Waals surface area contributed by atoms with Crippen LogP contribution in [0, 0.1) is 0 Å². The van der Waals surface area contributed by atoms with Gasteiger partial charge >= 0.3 is 5.97 Å². The van der Waals surface area contributed by atoms with Crippen LogP contribution in [0.2, 0.25) is 0 Å². The van der Waals surface area contributed by atoms with Crippen LogP contribution >= 0.6 is 0 Å².